The predicted octanol–water partition coefficient (Wildman–Crippen LogP) is 5.20. The molecule has 4 nitrogen and oxygen atoms in total. The van der Waals surface area contributed by atoms with Crippen molar-refractivity contribution < 1.29 is 18.4 Å². The van der Waals surface area contributed by atoms with E-state index >= 15 is 0 Å². The van der Waals surface area contributed by atoms with Gasteiger partial charge in [-0.3, -0.25) is 9.59 Å². The summed E-state index contributed by atoms with van der Waals surface area (Å²) in [6.45, 7) is 1.25. The van der Waals surface area contributed by atoms with Crippen LogP contribution in [0.4, 0.5) is 14.5 Å². The number of piperidine rings is 1. The lowest BCUT2D eigenvalue weighted by molar-refractivity contribution is -0.120. The largest absolute Gasteiger partial charge is 0.366 e. The minimum Gasteiger partial charge on any atom is -0.366 e. The van der Waals surface area contributed by atoms with E-state index in [1.54, 1.807) is 24.3 Å². The summed E-state index contributed by atoms with van der Waals surface area (Å²) in [6, 6.07) is 22.2. The van der Waals surface area contributed by atoms with Gasteiger partial charge in [0, 0.05) is 19.2 Å². The van der Waals surface area contributed by atoms with Crippen LogP contribution < -0.4 is 4.90 Å². The molecule has 2 heterocycles. The smallest absolute Gasteiger partial charge is 0.282 e. The molecule has 0 radical (unpaired) electrons. The number of amides is 2. The molecule has 0 unspecified atom stereocenters. The fraction of sp³-hybridized carbons (Fsp3) is 0.214. The zero-order valence-corrected chi connectivity index (χ0v) is 18.6. The highest BCUT2D eigenvalue weighted by atomic mass is 19.1. The predicted molar refractivity (Wildman–Crippen MR) is 127 cm³/mol. The summed E-state index contributed by atoms with van der Waals surface area (Å²) < 4.78 is 28.1. The molecular weight excluding hydrogens is 434 g/mol. The Bertz CT molecular complexity index is 1250. The van der Waals surface area contributed by atoms with E-state index in [1.807, 2.05) is 29.2 Å². The topological polar surface area (TPSA) is 40.6 Å². The highest BCUT2D eigenvalue weighted by molar-refractivity contribution is 6.45. The van der Waals surface area contributed by atoms with Crippen molar-refractivity contribution in [1.29, 1.82) is 0 Å². The minimum atomic E-state index is -0.947. The number of nitrogens with zero attached hydrogens (tertiary/aromatic N) is 2. The van der Waals surface area contributed by atoms with Gasteiger partial charge in [-0.15, -0.1) is 0 Å². The molecule has 2 aliphatic rings. The van der Waals surface area contributed by atoms with Gasteiger partial charge in [0.25, 0.3) is 11.8 Å². The van der Waals surface area contributed by atoms with E-state index < -0.39 is 23.4 Å². The zero-order valence-electron chi connectivity index (χ0n) is 18.6. The molecule has 3 aromatic rings. The standard InChI is InChI=1S/C28H24F2N2O2/c29-22-11-12-24(23(30)18-22)32-27(33)25(21-9-5-2-6-10-21)26(28(32)34)31-15-13-20(14-16-31)17-19-7-3-1-4-8-19/h1-12,18,20H,13-17H2. The monoisotopic (exact) mass is 458 g/mol. The van der Waals surface area contributed by atoms with Gasteiger partial charge in [-0.25, -0.2) is 13.7 Å². The van der Waals surface area contributed by atoms with Crippen LogP contribution in [0, 0.1) is 17.6 Å². The first-order chi connectivity index (χ1) is 16.5. The first-order valence-electron chi connectivity index (χ1n) is 11.5. The Morgan fingerprint density at radius 3 is 2.09 bits per heavy atom. The Morgan fingerprint density at radius 2 is 1.44 bits per heavy atom. The molecule has 34 heavy (non-hydrogen) atoms. The summed E-state index contributed by atoms with van der Waals surface area (Å²) in [4.78, 5) is 29.8. The van der Waals surface area contributed by atoms with Crippen molar-refractivity contribution in [1.82, 2.24) is 4.90 Å². The van der Waals surface area contributed by atoms with Crippen LogP contribution in [-0.2, 0) is 16.0 Å². The van der Waals surface area contributed by atoms with Gasteiger partial charge in [0.15, 0.2) is 0 Å². The average molecular weight is 459 g/mol. The molecule has 0 aromatic heterocycles. The van der Waals surface area contributed by atoms with Crippen LogP contribution in [0.1, 0.15) is 24.0 Å². The first kappa shape index (κ1) is 22.0. The third-order valence-corrected chi connectivity index (χ3v) is 6.57. The fourth-order valence-electron chi connectivity index (χ4n) is 4.87. The zero-order chi connectivity index (χ0) is 23.7. The van der Waals surface area contributed by atoms with E-state index in [4.69, 9.17) is 0 Å². The lowest BCUT2D eigenvalue weighted by Gasteiger charge is -2.34. The van der Waals surface area contributed by atoms with Crippen LogP contribution in [0.3, 0.4) is 0 Å². The maximum Gasteiger partial charge on any atom is 0.282 e. The quantitative estimate of drug-likeness (QED) is 0.493. The van der Waals surface area contributed by atoms with Crippen LogP contribution in [-0.4, -0.2) is 29.8 Å². The normalized spacial score (nSPS) is 17.1. The number of hydrogen-bond donors (Lipinski definition) is 0. The number of carbonyl (C=O) groups excluding carboxylic acids is 2. The van der Waals surface area contributed by atoms with Crippen molar-refractivity contribution >= 4 is 23.1 Å². The van der Waals surface area contributed by atoms with Crippen molar-refractivity contribution in [3.8, 4) is 0 Å². The Labute approximate surface area is 197 Å². The van der Waals surface area contributed by atoms with E-state index in [2.05, 4.69) is 12.1 Å². The molecule has 0 aliphatic carbocycles. The number of likely N-dealkylation sites (tertiary alicyclic amines) is 1. The van der Waals surface area contributed by atoms with Gasteiger partial charge in [0.05, 0.1) is 11.3 Å². The fourth-order valence-corrected chi connectivity index (χ4v) is 4.87. The maximum absolute atomic E-state index is 14.6. The van der Waals surface area contributed by atoms with E-state index in [0.717, 1.165) is 36.3 Å². The van der Waals surface area contributed by atoms with Crippen molar-refractivity contribution in [3.63, 3.8) is 0 Å². The number of imide groups is 1. The average Bonchev–Trinajstić information content (AvgIpc) is 3.11. The highest BCUT2D eigenvalue weighted by Crippen LogP contribution is 2.37. The lowest BCUT2D eigenvalue weighted by Crippen LogP contribution is -2.39. The Hall–Kier alpha value is -3.80. The second kappa shape index (κ2) is 9.21. The van der Waals surface area contributed by atoms with Crippen molar-refractivity contribution in [3.05, 3.63) is 107 Å². The molecule has 6 heteroatoms. The number of hydrogen-bond acceptors (Lipinski definition) is 3. The molecule has 0 atom stereocenters. The van der Waals surface area contributed by atoms with Crippen molar-refractivity contribution in [2.75, 3.05) is 18.0 Å². The summed E-state index contributed by atoms with van der Waals surface area (Å²) in [5, 5.41) is 0. The van der Waals surface area contributed by atoms with Crippen LogP contribution >= 0.6 is 0 Å². The summed E-state index contributed by atoms with van der Waals surface area (Å²) in [7, 11) is 0. The van der Waals surface area contributed by atoms with Gasteiger partial charge < -0.3 is 4.90 Å². The second-order valence-corrected chi connectivity index (χ2v) is 8.75. The van der Waals surface area contributed by atoms with Gasteiger partial charge in [-0.05, 0) is 48.4 Å². The van der Waals surface area contributed by atoms with Crippen LogP contribution in [0.2, 0.25) is 0 Å². The third kappa shape index (κ3) is 4.12. The molecule has 0 saturated carbocycles. The molecule has 0 spiro atoms. The third-order valence-electron chi connectivity index (χ3n) is 6.57. The molecule has 172 valence electrons. The van der Waals surface area contributed by atoms with Crippen LogP contribution in [0.25, 0.3) is 5.57 Å². The van der Waals surface area contributed by atoms with Gasteiger partial charge in [0.2, 0.25) is 0 Å². The van der Waals surface area contributed by atoms with E-state index in [-0.39, 0.29) is 17.0 Å². The summed E-state index contributed by atoms with van der Waals surface area (Å²) >= 11 is 0. The summed E-state index contributed by atoms with van der Waals surface area (Å²) in [6.07, 6.45) is 2.73. The molecule has 3 aromatic carbocycles. The number of carbonyl (C=O) groups is 2. The molecular formula is C28H24F2N2O2. The van der Waals surface area contributed by atoms with Gasteiger partial charge in [-0.1, -0.05) is 60.7 Å². The molecule has 0 bridgehead atoms. The molecule has 2 amide bonds. The molecule has 5 rings (SSSR count). The van der Waals surface area contributed by atoms with E-state index in [9.17, 15) is 18.4 Å². The molecule has 2 aliphatic heterocycles. The number of halogens is 2. The lowest BCUT2D eigenvalue weighted by atomic mass is 9.89. The van der Waals surface area contributed by atoms with E-state index in [1.165, 1.54) is 5.56 Å². The Balaban J connectivity index is 1.45. The maximum atomic E-state index is 14.6. The Kier molecular flexibility index (Phi) is 5.97. The highest BCUT2D eigenvalue weighted by Gasteiger charge is 2.44. The van der Waals surface area contributed by atoms with Crippen LogP contribution in [0.15, 0.2) is 84.6 Å². The van der Waals surface area contributed by atoms with Gasteiger partial charge in [0.1, 0.15) is 17.3 Å². The Morgan fingerprint density at radius 1 is 0.794 bits per heavy atom. The number of anilines is 1. The summed E-state index contributed by atoms with van der Waals surface area (Å²) in [5.74, 6) is -2.40. The molecule has 0 N–H and O–H groups in total. The number of benzene rings is 3. The molecule has 1 saturated heterocycles. The van der Waals surface area contributed by atoms with E-state index in [0.29, 0.717) is 30.6 Å². The van der Waals surface area contributed by atoms with Crippen molar-refractivity contribution in [2.24, 2.45) is 5.92 Å². The summed E-state index contributed by atoms with van der Waals surface area (Å²) in [5.41, 5.74) is 2.20. The van der Waals surface area contributed by atoms with Gasteiger partial charge in [-0.2, -0.15) is 0 Å². The van der Waals surface area contributed by atoms with Gasteiger partial charge >= 0.3 is 0 Å². The van der Waals surface area contributed by atoms with Crippen LogP contribution in [0.5, 0.6) is 0 Å². The second-order valence-electron chi connectivity index (χ2n) is 8.75. The van der Waals surface area contributed by atoms with Crippen molar-refractivity contribution in [2.45, 2.75) is 19.3 Å². The SMILES string of the molecule is O=C1C(c2ccccc2)=C(N2CCC(Cc3ccccc3)CC2)C(=O)N1c1ccc(F)cc1F. The number of rotatable bonds is 5. The first-order valence-corrected chi connectivity index (χ1v) is 11.5. The molecule has 1 fully saturated rings. The minimum absolute atomic E-state index is 0.237.